The Morgan fingerprint density at radius 2 is 2.15 bits per heavy atom. The van der Waals surface area contributed by atoms with E-state index >= 15 is 0 Å². The highest BCUT2D eigenvalue weighted by molar-refractivity contribution is 5.73. The fraction of sp³-hybridized carbons (Fsp3) is 0.909. The van der Waals surface area contributed by atoms with Crippen molar-refractivity contribution >= 4 is 5.91 Å². The summed E-state index contributed by atoms with van der Waals surface area (Å²) in [4.78, 5) is 11.0. The van der Waals surface area contributed by atoms with Crippen LogP contribution in [0.4, 0.5) is 0 Å². The second-order valence-corrected chi connectivity index (χ2v) is 4.71. The third kappa shape index (κ3) is 1.59. The molecule has 2 heteroatoms. The van der Waals surface area contributed by atoms with Gasteiger partial charge in [0.05, 0.1) is 0 Å². The second kappa shape index (κ2) is 3.32. The number of hydrogen-bond acceptors (Lipinski definition) is 1. The first kappa shape index (κ1) is 9.04. The van der Waals surface area contributed by atoms with Gasteiger partial charge in [0.1, 0.15) is 0 Å². The predicted molar refractivity (Wildman–Crippen MR) is 52.2 cm³/mol. The van der Waals surface area contributed by atoms with E-state index in [2.05, 4.69) is 12.2 Å². The van der Waals surface area contributed by atoms with Crippen molar-refractivity contribution in [2.24, 2.45) is 17.8 Å². The van der Waals surface area contributed by atoms with E-state index in [0.717, 1.165) is 17.8 Å². The van der Waals surface area contributed by atoms with Crippen LogP contribution >= 0.6 is 0 Å². The molecular weight excluding hydrogens is 162 g/mol. The summed E-state index contributed by atoms with van der Waals surface area (Å²) in [6, 6.07) is 0.501. The summed E-state index contributed by atoms with van der Waals surface area (Å²) in [5.41, 5.74) is 0. The number of rotatable bonds is 2. The molecule has 74 valence electrons. The van der Waals surface area contributed by atoms with Gasteiger partial charge in [-0.15, -0.1) is 0 Å². The standard InChI is InChI=1S/C11H19NO/c1-3-9-4-8-5-10(9)11(6-8)12-7(2)13/h8-11H,3-6H2,1-2H3,(H,12,13)/t8-,9+,10+,11-/m1/s1. The molecule has 2 nitrogen and oxygen atoms in total. The van der Waals surface area contributed by atoms with Gasteiger partial charge in [-0.05, 0) is 37.0 Å². The third-order valence-electron chi connectivity index (χ3n) is 3.86. The van der Waals surface area contributed by atoms with Crippen molar-refractivity contribution in [1.29, 1.82) is 0 Å². The molecule has 0 radical (unpaired) electrons. The Balaban J connectivity index is 1.97. The molecule has 2 fully saturated rings. The van der Waals surface area contributed by atoms with E-state index < -0.39 is 0 Å². The molecule has 0 saturated heterocycles. The van der Waals surface area contributed by atoms with E-state index in [9.17, 15) is 4.79 Å². The van der Waals surface area contributed by atoms with Crippen molar-refractivity contribution in [2.45, 2.75) is 45.6 Å². The number of nitrogens with one attached hydrogen (secondary N) is 1. The summed E-state index contributed by atoms with van der Waals surface area (Å²) in [6.07, 6.45) is 5.30. The fourth-order valence-electron chi connectivity index (χ4n) is 3.39. The molecule has 0 aromatic carbocycles. The zero-order chi connectivity index (χ0) is 9.42. The number of fused-ring (bicyclic) bond motifs is 2. The summed E-state index contributed by atoms with van der Waals surface area (Å²) < 4.78 is 0. The molecule has 1 N–H and O–H groups in total. The van der Waals surface area contributed by atoms with Crippen molar-refractivity contribution in [1.82, 2.24) is 5.32 Å². The summed E-state index contributed by atoms with van der Waals surface area (Å²) >= 11 is 0. The highest BCUT2D eigenvalue weighted by Gasteiger charge is 2.45. The van der Waals surface area contributed by atoms with E-state index in [0.29, 0.717) is 6.04 Å². The van der Waals surface area contributed by atoms with Crippen LogP contribution < -0.4 is 5.32 Å². The summed E-state index contributed by atoms with van der Waals surface area (Å²) in [6.45, 7) is 3.91. The van der Waals surface area contributed by atoms with Crippen LogP contribution in [0, 0.1) is 17.8 Å². The fourth-order valence-corrected chi connectivity index (χ4v) is 3.39. The number of amides is 1. The van der Waals surface area contributed by atoms with Crippen LogP contribution in [0.1, 0.15) is 39.5 Å². The van der Waals surface area contributed by atoms with Crippen LogP contribution in [0.2, 0.25) is 0 Å². The first-order valence-corrected chi connectivity index (χ1v) is 5.47. The van der Waals surface area contributed by atoms with Crippen molar-refractivity contribution in [3.05, 3.63) is 0 Å². The Kier molecular flexibility index (Phi) is 2.31. The minimum Gasteiger partial charge on any atom is -0.353 e. The lowest BCUT2D eigenvalue weighted by Gasteiger charge is -2.29. The number of carbonyl (C=O) groups is 1. The maximum Gasteiger partial charge on any atom is 0.217 e. The molecule has 13 heavy (non-hydrogen) atoms. The van der Waals surface area contributed by atoms with Crippen LogP contribution in [0.15, 0.2) is 0 Å². The van der Waals surface area contributed by atoms with Gasteiger partial charge in [0.15, 0.2) is 0 Å². The predicted octanol–water partition coefficient (Wildman–Crippen LogP) is 1.95. The summed E-state index contributed by atoms with van der Waals surface area (Å²) in [7, 11) is 0. The van der Waals surface area contributed by atoms with Gasteiger partial charge < -0.3 is 5.32 Å². The lowest BCUT2D eigenvalue weighted by atomic mass is 9.83. The Bertz CT molecular complexity index is 214. The molecule has 2 bridgehead atoms. The van der Waals surface area contributed by atoms with E-state index in [-0.39, 0.29) is 5.91 Å². The lowest BCUT2D eigenvalue weighted by molar-refractivity contribution is -0.120. The quantitative estimate of drug-likeness (QED) is 0.693. The molecular formula is C11H19NO. The van der Waals surface area contributed by atoms with E-state index in [1.807, 2.05) is 0 Å². The molecule has 0 aliphatic heterocycles. The highest BCUT2D eigenvalue weighted by Crippen LogP contribution is 2.49. The van der Waals surface area contributed by atoms with E-state index in [1.54, 1.807) is 6.92 Å². The van der Waals surface area contributed by atoms with Gasteiger partial charge in [-0.3, -0.25) is 4.79 Å². The summed E-state index contributed by atoms with van der Waals surface area (Å²) in [5.74, 6) is 2.73. The van der Waals surface area contributed by atoms with Crippen LogP contribution in [-0.2, 0) is 4.79 Å². The van der Waals surface area contributed by atoms with Gasteiger partial charge in [-0.25, -0.2) is 0 Å². The molecule has 0 spiro atoms. The molecule has 0 unspecified atom stereocenters. The Morgan fingerprint density at radius 1 is 1.38 bits per heavy atom. The molecule has 2 aliphatic carbocycles. The number of carbonyl (C=O) groups excluding carboxylic acids is 1. The average Bonchev–Trinajstić information content (AvgIpc) is 2.60. The molecule has 0 aromatic heterocycles. The van der Waals surface area contributed by atoms with Gasteiger partial charge in [0.2, 0.25) is 5.91 Å². The third-order valence-corrected chi connectivity index (χ3v) is 3.86. The zero-order valence-corrected chi connectivity index (χ0v) is 8.55. The van der Waals surface area contributed by atoms with Gasteiger partial charge in [0.25, 0.3) is 0 Å². The average molecular weight is 181 g/mol. The van der Waals surface area contributed by atoms with E-state index in [1.165, 1.54) is 25.7 Å². The minimum atomic E-state index is 0.146. The molecule has 0 aromatic rings. The van der Waals surface area contributed by atoms with Crippen LogP contribution in [0.5, 0.6) is 0 Å². The summed E-state index contributed by atoms with van der Waals surface area (Å²) in [5, 5.41) is 3.10. The normalized spacial score (nSPS) is 42.3. The molecule has 0 heterocycles. The monoisotopic (exact) mass is 181 g/mol. The first-order valence-electron chi connectivity index (χ1n) is 5.47. The maximum absolute atomic E-state index is 11.0. The molecule has 4 atom stereocenters. The largest absolute Gasteiger partial charge is 0.353 e. The smallest absolute Gasteiger partial charge is 0.217 e. The van der Waals surface area contributed by atoms with Crippen molar-refractivity contribution in [3.8, 4) is 0 Å². The van der Waals surface area contributed by atoms with Gasteiger partial charge >= 0.3 is 0 Å². The van der Waals surface area contributed by atoms with E-state index in [4.69, 9.17) is 0 Å². The molecule has 1 amide bonds. The Hall–Kier alpha value is -0.530. The topological polar surface area (TPSA) is 29.1 Å². The van der Waals surface area contributed by atoms with Crippen molar-refractivity contribution < 1.29 is 4.79 Å². The van der Waals surface area contributed by atoms with Gasteiger partial charge in [-0.2, -0.15) is 0 Å². The molecule has 2 aliphatic rings. The van der Waals surface area contributed by atoms with Gasteiger partial charge in [-0.1, -0.05) is 13.3 Å². The highest BCUT2D eigenvalue weighted by atomic mass is 16.1. The minimum absolute atomic E-state index is 0.146. The number of hydrogen-bond donors (Lipinski definition) is 1. The SMILES string of the molecule is CC[C@H]1C[C@@H]2C[C@@H]1[C@H](NC(C)=O)C2. The second-order valence-electron chi connectivity index (χ2n) is 4.71. The van der Waals surface area contributed by atoms with Crippen molar-refractivity contribution in [2.75, 3.05) is 0 Å². The Labute approximate surface area is 80.1 Å². The van der Waals surface area contributed by atoms with Crippen LogP contribution in [-0.4, -0.2) is 11.9 Å². The van der Waals surface area contributed by atoms with Crippen molar-refractivity contribution in [3.63, 3.8) is 0 Å². The zero-order valence-electron chi connectivity index (χ0n) is 8.55. The van der Waals surface area contributed by atoms with Gasteiger partial charge in [0, 0.05) is 13.0 Å². The van der Waals surface area contributed by atoms with Crippen LogP contribution in [0.25, 0.3) is 0 Å². The Morgan fingerprint density at radius 3 is 2.69 bits per heavy atom. The first-order chi connectivity index (χ1) is 6.20. The maximum atomic E-state index is 11.0. The molecule has 2 saturated carbocycles. The molecule has 2 rings (SSSR count). The van der Waals surface area contributed by atoms with Crippen LogP contribution in [0.3, 0.4) is 0 Å². The lowest BCUT2D eigenvalue weighted by Crippen LogP contribution is -2.39.